The zero-order valence-corrected chi connectivity index (χ0v) is 19.3. The minimum absolute atomic E-state index is 0.0707. The number of amides is 1. The van der Waals surface area contributed by atoms with E-state index in [1.807, 2.05) is 0 Å². The molecule has 0 fully saturated rings. The number of primary amides is 1. The van der Waals surface area contributed by atoms with Crippen molar-refractivity contribution in [3.8, 4) is 11.5 Å². The van der Waals surface area contributed by atoms with Crippen LogP contribution in [0.15, 0.2) is 75.5 Å². The van der Waals surface area contributed by atoms with Crippen molar-refractivity contribution in [2.45, 2.75) is 20.0 Å². The summed E-state index contributed by atoms with van der Waals surface area (Å²) >= 11 is 5.90. The Labute approximate surface area is 203 Å². The lowest BCUT2D eigenvalue weighted by Crippen LogP contribution is -2.49. The van der Waals surface area contributed by atoms with Gasteiger partial charge in [-0.1, -0.05) is 11.6 Å². The van der Waals surface area contributed by atoms with Crippen molar-refractivity contribution >= 4 is 23.2 Å². The number of nitrogens with zero attached hydrogens (tertiary/aromatic N) is 5. The summed E-state index contributed by atoms with van der Waals surface area (Å²) in [5.41, 5.74) is 5.35. The molecule has 0 radical (unpaired) electrons. The average Bonchev–Trinajstić information content (AvgIpc) is 2.84. The van der Waals surface area contributed by atoms with Crippen LogP contribution in [0.25, 0.3) is 0 Å². The number of nitrogens with two attached hydrogens (primary N) is 1. The van der Waals surface area contributed by atoms with Crippen molar-refractivity contribution < 1.29 is 9.53 Å². The normalized spacial score (nSPS) is 11.4. The Morgan fingerprint density at radius 2 is 1.77 bits per heavy atom. The summed E-state index contributed by atoms with van der Waals surface area (Å²) in [6.45, 7) is 1.99. The van der Waals surface area contributed by atoms with Gasteiger partial charge in [-0.3, -0.25) is 19.3 Å². The van der Waals surface area contributed by atoms with Crippen molar-refractivity contribution in [3.63, 3.8) is 0 Å². The SMILES string of the molecule is CCn1c(=O)[nH]/c(=N\c2ccc(Oc3ccc(C(N)=O)nc3)cc2)n(Cc2ccc(Cl)cn2)c1=O. The van der Waals surface area contributed by atoms with E-state index in [1.165, 1.54) is 23.0 Å². The largest absolute Gasteiger partial charge is 0.456 e. The van der Waals surface area contributed by atoms with E-state index in [4.69, 9.17) is 22.1 Å². The summed E-state index contributed by atoms with van der Waals surface area (Å²) in [5, 5.41) is 0.470. The van der Waals surface area contributed by atoms with E-state index in [1.54, 1.807) is 49.4 Å². The van der Waals surface area contributed by atoms with Gasteiger partial charge < -0.3 is 10.5 Å². The van der Waals surface area contributed by atoms with Gasteiger partial charge in [0.15, 0.2) is 0 Å². The van der Waals surface area contributed by atoms with Crippen LogP contribution < -0.4 is 27.5 Å². The zero-order chi connectivity index (χ0) is 24.9. The Morgan fingerprint density at radius 3 is 2.37 bits per heavy atom. The van der Waals surface area contributed by atoms with E-state index in [9.17, 15) is 14.4 Å². The first-order valence-electron chi connectivity index (χ1n) is 10.5. The lowest BCUT2D eigenvalue weighted by atomic mass is 10.3. The Bertz CT molecular complexity index is 1540. The molecule has 0 aliphatic heterocycles. The molecule has 3 N–H and O–H groups in total. The molecule has 12 heteroatoms. The maximum atomic E-state index is 13.0. The number of aromatic amines is 1. The second-order valence-corrected chi connectivity index (χ2v) is 7.72. The molecule has 0 spiro atoms. The summed E-state index contributed by atoms with van der Waals surface area (Å²) in [7, 11) is 0. The highest BCUT2D eigenvalue weighted by Gasteiger charge is 2.10. The number of carbonyl (C=O) groups excluding carboxylic acids is 1. The fraction of sp³-hybridized carbons (Fsp3) is 0.130. The van der Waals surface area contributed by atoms with Gasteiger partial charge in [-0.15, -0.1) is 0 Å². The van der Waals surface area contributed by atoms with E-state index >= 15 is 0 Å². The third-order valence-corrected chi connectivity index (χ3v) is 5.13. The number of H-pyrrole nitrogens is 1. The van der Waals surface area contributed by atoms with Gasteiger partial charge in [0.2, 0.25) is 5.62 Å². The average molecular weight is 494 g/mol. The monoisotopic (exact) mass is 493 g/mol. The minimum atomic E-state index is -0.628. The Balaban J connectivity index is 1.66. The van der Waals surface area contributed by atoms with Gasteiger partial charge in [0.25, 0.3) is 5.91 Å². The molecular weight excluding hydrogens is 474 g/mol. The van der Waals surface area contributed by atoms with Crippen LogP contribution >= 0.6 is 11.6 Å². The number of halogens is 1. The molecule has 35 heavy (non-hydrogen) atoms. The minimum Gasteiger partial charge on any atom is -0.456 e. The molecule has 3 heterocycles. The molecule has 0 unspecified atom stereocenters. The van der Waals surface area contributed by atoms with E-state index in [0.717, 1.165) is 4.57 Å². The second kappa shape index (κ2) is 10.2. The molecule has 0 bridgehead atoms. The maximum Gasteiger partial charge on any atom is 0.335 e. The summed E-state index contributed by atoms with van der Waals surface area (Å²) in [6.07, 6.45) is 2.87. The van der Waals surface area contributed by atoms with Crippen LogP contribution in [0.1, 0.15) is 23.1 Å². The first-order valence-corrected chi connectivity index (χ1v) is 10.8. The number of pyridine rings is 2. The number of rotatable bonds is 7. The molecular formula is C23H20ClN7O4. The number of ether oxygens (including phenoxy) is 1. The second-order valence-electron chi connectivity index (χ2n) is 7.29. The van der Waals surface area contributed by atoms with Crippen molar-refractivity contribution in [1.29, 1.82) is 0 Å². The molecule has 4 rings (SSSR count). The fourth-order valence-corrected chi connectivity index (χ4v) is 3.27. The molecule has 1 amide bonds. The van der Waals surface area contributed by atoms with Gasteiger partial charge in [0, 0.05) is 12.7 Å². The predicted molar refractivity (Wildman–Crippen MR) is 128 cm³/mol. The van der Waals surface area contributed by atoms with Crippen LogP contribution in [0.5, 0.6) is 11.5 Å². The van der Waals surface area contributed by atoms with E-state index in [0.29, 0.717) is 27.9 Å². The van der Waals surface area contributed by atoms with Crippen molar-refractivity contribution in [2.75, 3.05) is 0 Å². The smallest absolute Gasteiger partial charge is 0.335 e. The van der Waals surface area contributed by atoms with Gasteiger partial charge in [-0.2, -0.15) is 0 Å². The van der Waals surface area contributed by atoms with Crippen LogP contribution in [0.2, 0.25) is 5.02 Å². The highest BCUT2D eigenvalue weighted by molar-refractivity contribution is 6.30. The topological polar surface area (TPSA) is 150 Å². The Hall–Kier alpha value is -4.51. The number of nitrogens with one attached hydrogen (secondary N) is 1. The van der Waals surface area contributed by atoms with Gasteiger partial charge in [-0.05, 0) is 55.5 Å². The predicted octanol–water partition coefficient (Wildman–Crippen LogP) is 1.97. The van der Waals surface area contributed by atoms with Gasteiger partial charge >= 0.3 is 11.4 Å². The molecule has 0 saturated carbocycles. The van der Waals surface area contributed by atoms with Crippen molar-refractivity contribution in [2.24, 2.45) is 10.7 Å². The summed E-state index contributed by atoms with van der Waals surface area (Å²) in [6, 6.07) is 13.0. The Morgan fingerprint density at radius 1 is 1.03 bits per heavy atom. The molecule has 0 saturated heterocycles. The molecule has 0 aliphatic rings. The quantitative estimate of drug-likeness (QED) is 0.401. The number of benzene rings is 1. The number of hydrogen-bond donors (Lipinski definition) is 2. The van der Waals surface area contributed by atoms with E-state index in [-0.39, 0.29) is 24.4 Å². The molecule has 0 atom stereocenters. The van der Waals surface area contributed by atoms with Crippen LogP contribution in [0.3, 0.4) is 0 Å². The Kier molecular flexibility index (Phi) is 6.88. The maximum absolute atomic E-state index is 13.0. The molecule has 11 nitrogen and oxygen atoms in total. The number of hydrogen-bond acceptors (Lipinski definition) is 7. The van der Waals surface area contributed by atoms with Crippen molar-refractivity contribution in [3.05, 3.63) is 104 Å². The highest BCUT2D eigenvalue weighted by Crippen LogP contribution is 2.23. The summed E-state index contributed by atoms with van der Waals surface area (Å²) in [5.74, 6) is 0.280. The van der Waals surface area contributed by atoms with Gasteiger partial charge in [0.05, 0.1) is 29.1 Å². The molecule has 0 aliphatic carbocycles. The van der Waals surface area contributed by atoms with Crippen LogP contribution in [-0.4, -0.2) is 30.0 Å². The van der Waals surface area contributed by atoms with Crippen LogP contribution in [-0.2, 0) is 13.1 Å². The van der Waals surface area contributed by atoms with E-state index in [2.05, 4.69) is 19.9 Å². The summed E-state index contributed by atoms with van der Waals surface area (Å²) in [4.78, 5) is 51.8. The van der Waals surface area contributed by atoms with Crippen LogP contribution in [0.4, 0.5) is 5.69 Å². The first-order chi connectivity index (χ1) is 16.8. The summed E-state index contributed by atoms with van der Waals surface area (Å²) < 4.78 is 8.11. The lowest BCUT2D eigenvalue weighted by Gasteiger charge is -2.10. The third-order valence-electron chi connectivity index (χ3n) is 4.90. The molecule has 178 valence electrons. The fourth-order valence-electron chi connectivity index (χ4n) is 3.16. The highest BCUT2D eigenvalue weighted by atomic mass is 35.5. The molecule has 4 aromatic rings. The lowest BCUT2D eigenvalue weighted by molar-refractivity contribution is 0.0995. The zero-order valence-electron chi connectivity index (χ0n) is 18.5. The first kappa shape index (κ1) is 23.6. The number of aromatic nitrogens is 5. The van der Waals surface area contributed by atoms with Crippen LogP contribution in [0, 0.1) is 0 Å². The third kappa shape index (κ3) is 5.53. The standard InChI is InChI=1S/C23H20ClN7O4/c1-2-30-22(33)29-21(31(23(30)34)13-16-4-3-14(24)11-26-16)28-15-5-7-17(8-6-15)35-18-9-10-19(20(25)32)27-12-18/h3-12H,2,13H2,1H3,(H2,25,32)(H,28,29,33). The van der Waals surface area contributed by atoms with Gasteiger partial charge in [-0.25, -0.2) is 24.1 Å². The number of carbonyl (C=O) groups is 1. The molecule has 1 aromatic carbocycles. The molecule has 3 aromatic heterocycles. The van der Waals surface area contributed by atoms with Gasteiger partial charge in [0.1, 0.15) is 17.2 Å². The van der Waals surface area contributed by atoms with Crippen molar-refractivity contribution in [1.82, 2.24) is 24.1 Å². The van der Waals surface area contributed by atoms with E-state index < -0.39 is 17.3 Å².